The van der Waals surface area contributed by atoms with Crippen molar-refractivity contribution in [3.05, 3.63) is 73.9 Å². The van der Waals surface area contributed by atoms with Gasteiger partial charge in [0.05, 0.1) is 17.9 Å². The number of nitrogens with zero attached hydrogens (tertiary/aromatic N) is 1. The van der Waals surface area contributed by atoms with Gasteiger partial charge in [0.2, 0.25) is 5.91 Å². The molecule has 0 aromatic carbocycles. The molecule has 6 atom stereocenters. The molecule has 0 bridgehead atoms. The predicted octanol–water partition coefficient (Wildman–Crippen LogP) is 14.9. The molecule has 2 saturated carbocycles. The van der Waals surface area contributed by atoms with Gasteiger partial charge in [0.1, 0.15) is 0 Å². The summed E-state index contributed by atoms with van der Waals surface area (Å²) in [6.45, 7) is 62.0. The van der Waals surface area contributed by atoms with Gasteiger partial charge in [0.15, 0.2) is 0 Å². The van der Waals surface area contributed by atoms with Crippen LogP contribution in [0.1, 0.15) is 201 Å². The molecule has 4 unspecified atom stereocenters. The van der Waals surface area contributed by atoms with Crippen molar-refractivity contribution in [1.82, 2.24) is 26.2 Å². The van der Waals surface area contributed by atoms with Crippen molar-refractivity contribution in [2.24, 2.45) is 34.5 Å². The number of unbranched alkanes of at least 4 members (excludes halogenated alkanes) is 3. The van der Waals surface area contributed by atoms with Gasteiger partial charge in [0.25, 0.3) is 0 Å². The number of allylic oxidation sites excluding steroid dienone is 1. The van der Waals surface area contributed by atoms with E-state index in [1.807, 2.05) is 41.5 Å². The zero-order valence-corrected chi connectivity index (χ0v) is 44.8. The number of rotatable bonds is 21. The number of carbonyl (C=O) groups is 1. The average Bonchev–Trinajstić information content (AvgIpc) is 3.66. The molecular formula is C57H107N5O. The van der Waals surface area contributed by atoms with E-state index in [2.05, 4.69) is 134 Å². The summed E-state index contributed by atoms with van der Waals surface area (Å²) < 4.78 is 0. The van der Waals surface area contributed by atoms with Crippen LogP contribution >= 0.6 is 0 Å². The lowest BCUT2D eigenvalue weighted by Gasteiger charge is -2.41. The van der Waals surface area contributed by atoms with Crippen molar-refractivity contribution >= 4 is 5.91 Å². The first kappa shape index (κ1) is 64.0. The Morgan fingerprint density at radius 2 is 1.44 bits per heavy atom. The van der Waals surface area contributed by atoms with E-state index in [-0.39, 0.29) is 23.3 Å². The van der Waals surface area contributed by atoms with E-state index in [4.69, 9.17) is 13.0 Å². The van der Waals surface area contributed by atoms with Crippen LogP contribution < -0.4 is 21.3 Å². The second kappa shape index (κ2) is 36.0. The van der Waals surface area contributed by atoms with Crippen molar-refractivity contribution in [3.63, 3.8) is 0 Å². The van der Waals surface area contributed by atoms with Crippen LogP contribution in [-0.2, 0) is 4.79 Å². The fourth-order valence-corrected chi connectivity index (χ4v) is 8.65. The van der Waals surface area contributed by atoms with E-state index in [9.17, 15) is 4.79 Å². The first-order valence-electron chi connectivity index (χ1n) is 25.4. The van der Waals surface area contributed by atoms with Crippen LogP contribution in [0.15, 0.2) is 73.9 Å². The van der Waals surface area contributed by atoms with Gasteiger partial charge in [-0.2, -0.15) is 0 Å². The van der Waals surface area contributed by atoms with Crippen molar-refractivity contribution < 1.29 is 4.79 Å². The number of likely N-dealkylation sites (tertiary alicyclic amines) is 1. The molecule has 1 heterocycles. The second-order valence-electron chi connectivity index (χ2n) is 19.4. The van der Waals surface area contributed by atoms with E-state index in [0.29, 0.717) is 42.0 Å². The molecule has 1 aliphatic heterocycles. The lowest BCUT2D eigenvalue weighted by molar-refractivity contribution is -0.117. The highest BCUT2D eigenvalue weighted by Crippen LogP contribution is 2.66. The summed E-state index contributed by atoms with van der Waals surface area (Å²) in [6.07, 6.45) is 23.8. The van der Waals surface area contributed by atoms with Gasteiger partial charge in [-0.15, -0.1) is 18.9 Å². The van der Waals surface area contributed by atoms with Gasteiger partial charge in [-0.1, -0.05) is 193 Å². The van der Waals surface area contributed by atoms with Crippen molar-refractivity contribution in [2.45, 2.75) is 219 Å². The lowest BCUT2D eigenvalue weighted by Crippen LogP contribution is -2.50. The molecule has 1 saturated heterocycles. The summed E-state index contributed by atoms with van der Waals surface area (Å²) in [6, 6.07) is 1.07. The molecule has 0 aromatic heterocycles. The van der Waals surface area contributed by atoms with Crippen molar-refractivity contribution in [1.29, 1.82) is 0 Å². The van der Waals surface area contributed by atoms with Gasteiger partial charge in [-0.05, 0) is 80.5 Å². The number of piperidine rings is 1. The third-order valence-electron chi connectivity index (χ3n) is 12.4. The fourth-order valence-electron chi connectivity index (χ4n) is 8.65. The summed E-state index contributed by atoms with van der Waals surface area (Å²) >= 11 is 0. The molecule has 1 amide bonds. The number of carbonyl (C=O) groups excluding carboxylic acids is 1. The van der Waals surface area contributed by atoms with Crippen LogP contribution in [0.25, 0.3) is 0 Å². The van der Waals surface area contributed by atoms with Crippen LogP contribution in [0.2, 0.25) is 0 Å². The molecule has 4 N–H and O–H groups in total. The lowest BCUT2D eigenvalue weighted by atomic mass is 9.85. The largest absolute Gasteiger partial charge is 0.389 e. The molecule has 0 aromatic rings. The SMILES string of the molecule is C#CCCC(C)C(=C)C(=O)NCC=C.C=C(C)NCCCCCC.C=C(NC(C(=C)N1C[C@H]2[C@@H](C1C(=C)C)C2(C)C)C1CCCCCC1)NC(CC)C(C)(C)C.CC.CC.CCC. The number of nitrogens with one attached hydrogen (secondary N) is 4. The smallest absolute Gasteiger partial charge is 0.247 e. The quantitative estimate of drug-likeness (QED) is 0.0304. The Balaban J connectivity index is -0.000000959. The molecule has 366 valence electrons. The Morgan fingerprint density at radius 3 is 1.89 bits per heavy atom. The fraction of sp³-hybridized carbons (Fsp3) is 0.737. The van der Waals surface area contributed by atoms with Gasteiger partial charge in [-0.25, -0.2) is 0 Å². The zero-order chi connectivity index (χ0) is 49.3. The highest BCUT2D eigenvalue weighted by molar-refractivity contribution is 5.93. The van der Waals surface area contributed by atoms with Crippen LogP contribution in [0.4, 0.5) is 0 Å². The monoisotopic (exact) mass is 878 g/mol. The number of fused-ring (bicyclic) bond motifs is 1. The zero-order valence-electron chi connectivity index (χ0n) is 44.8. The molecule has 2 aliphatic carbocycles. The third-order valence-corrected chi connectivity index (χ3v) is 12.4. The molecule has 3 aliphatic rings. The van der Waals surface area contributed by atoms with Crippen LogP contribution in [-0.4, -0.2) is 48.6 Å². The Labute approximate surface area is 394 Å². The standard InChI is InChI=1S/C29H51N3.C12H17NO.C9H19N.C3H8.2C2H6/c1-11-24(28(6,7)8)30-21(5)31-26(22-16-14-12-13-15-17-22)20(4)32-18-23-25(29(23,9)10)27(32)19(2)3;1-5-7-8-10(3)11(4)12(14)13-9-6-2;1-4-5-6-7-8-10-9(2)3;1-3-2;2*1-2/h22-27,30-31H,2,4-5,11-18H2,1,3,6-10H3;1,6,10H,2,4,7-9H2,3H3,(H,13,14);10H,2,4-8H2,1,3H3;3H2,1-2H3;2*1-2H3/t23-,24?,25-,26?,27?;;;;;/m0...../s1. The van der Waals surface area contributed by atoms with Crippen LogP contribution in [0.3, 0.4) is 0 Å². The van der Waals surface area contributed by atoms with Gasteiger partial charge in [-0.3, -0.25) is 4.79 Å². The molecule has 3 fully saturated rings. The van der Waals surface area contributed by atoms with Crippen LogP contribution in [0, 0.1) is 46.8 Å². The van der Waals surface area contributed by atoms with E-state index in [1.165, 1.54) is 81.9 Å². The molecule has 6 nitrogen and oxygen atoms in total. The van der Waals surface area contributed by atoms with Gasteiger partial charge < -0.3 is 26.2 Å². The normalized spacial score (nSPS) is 19.4. The minimum absolute atomic E-state index is 0.116. The molecular weight excluding hydrogens is 771 g/mol. The maximum absolute atomic E-state index is 11.4. The van der Waals surface area contributed by atoms with E-state index < -0.39 is 0 Å². The Kier molecular flexibility index (Phi) is 36.5. The van der Waals surface area contributed by atoms with Crippen molar-refractivity contribution in [2.75, 3.05) is 19.6 Å². The Morgan fingerprint density at radius 1 is 0.889 bits per heavy atom. The third kappa shape index (κ3) is 25.1. The minimum Gasteiger partial charge on any atom is -0.389 e. The minimum atomic E-state index is -0.116. The molecule has 0 radical (unpaired) electrons. The van der Waals surface area contributed by atoms with Crippen LogP contribution in [0.5, 0.6) is 0 Å². The predicted molar refractivity (Wildman–Crippen MR) is 284 cm³/mol. The summed E-state index contributed by atoms with van der Waals surface area (Å²) in [5.74, 6) is 5.63. The average molecular weight is 879 g/mol. The summed E-state index contributed by atoms with van der Waals surface area (Å²) in [4.78, 5) is 14.0. The summed E-state index contributed by atoms with van der Waals surface area (Å²) in [5, 5.41) is 13.5. The van der Waals surface area contributed by atoms with E-state index in [1.54, 1.807) is 6.08 Å². The van der Waals surface area contributed by atoms with Crippen molar-refractivity contribution in [3.8, 4) is 12.3 Å². The maximum atomic E-state index is 11.4. The molecule has 63 heavy (non-hydrogen) atoms. The van der Waals surface area contributed by atoms with E-state index >= 15 is 0 Å². The highest BCUT2D eigenvalue weighted by Gasteiger charge is 2.67. The highest BCUT2D eigenvalue weighted by atomic mass is 16.1. The first-order valence-corrected chi connectivity index (χ1v) is 25.4. The van der Waals surface area contributed by atoms with Gasteiger partial charge >= 0.3 is 0 Å². The number of hydrogen-bond donors (Lipinski definition) is 4. The number of terminal acetylenes is 1. The summed E-state index contributed by atoms with van der Waals surface area (Å²) in [5.41, 5.74) is 4.86. The molecule has 6 heteroatoms. The topological polar surface area (TPSA) is 68.4 Å². The molecule has 0 spiro atoms. The number of hydrogen-bond acceptors (Lipinski definition) is 5. The molecule has 3 rings (SSSR count). The maximum Gasteiger partial charge on any atom is 0.247 e. The first-order chi connectivity index (χ1) is 29.7. The second-order valence-corrected chi connectivity index (χ2v) is 19.4. The Hall–Kier alpha value is -3.33. The van der Waals surface area contributed by atoms with Gasteiger partial charge in [0, 0.05) is 49.1 Å². The van der Waals surface area contributed by atoms with E-state index in [0.717, 1.165) is 49.3 Å². The number of amides is 1. The summed E-state index contributed by atoms with van der Waals surface area (Å²) in [7, 11) is 0. The Bertz CT molecular complexity index is 1340.